The number of likely N-dealkylation sites (tertiary alicyclic amines) is 1. The average Bonchev–Trinajstić information content (AvgIpc) is 2.92. The molecule has 2 rings (SSSR count). The van der Waals surface area contributed by atoms with E-state index in [1.54, 1.807) is 0 Å². The first-order valence-corrected chi connectivity index (χ1v) is 7.97. The van der Waals surface area contributed by atoms with Crippen molar-refractivity contribution in [3.8, 4) is 0 Å². The van der Waals surface area contributed by atoms with E-state index in [9.17, 15) is 4.79 Å². The molecule has 1 aromatic rings. The number of aryl methyl sites for hydroxylation is 1. The molecule has 2 heterocycles. The van der Waals surface area contributed by atoms with Crippen LogP contribution in [0.1, 0.15) is 49.1 Å². The molecular weight excluding hydrogens is 266 g/mol. The maximum atomic E-state index is 12.3. The van der Waals surface area contributed by atoms with Gasteiger partial charge < -0.3 is 9.80 Å². The van der Waals surface area contributed by atoms with E-state index in [-0.39, 0.29) is 5.91 Å². The fraction of sp³-hybridized carbons (Fsp3) is 0.800. The third-order valence-corrected chi connectivity index (χ3v) is 4.15. The molecule has 1 amide bonds. The van der Waals surface area contributed by atoms with Crippen molar-refractivity contribution < 1.29 is 4.79 Å². The Hall–Kier alpha value is -1.43. The van der Waals surface area contributed by atoms with E-state index in [0.717, 1.165) is 32.5 Å². The predicted molar refractivity (Wildman–Crippen MR) is 82.2 cm³/mol. The lowest BCUT2D eigenvalue weighted by Crippen LogP contribution is -2.41. The molecule has 0 bridgehead atoms. The van der Waals surface area contributed by atoms with Gasteiger partial charge in [0.2, 0.25) is 5.82 Å². The van der Waals surface area contributed by atoms with Crippen LogP contribution in [0.5, 0.6) is 0 Å². The lowest BCUT2D eigenvalue weighted by Gasteiger charge is -2.33. The highest BCUT2D eigenvalue weighted by Crippen LogP contribution is 2.19. The van der Waals surface area contributed by atoms with Gasteiger partial charge in [-0.15, -0.1) is 5.10 Å². The smallest absolute Gasteiger partial charge is 0.293 e. The molecule has 21 heavy (non-hydrogen) atoms. The van der Waals surface area contributed by atoms with Gasteiger partial charge >= 0.3 is 0 Å². The van der Waals surface area contributed by atoms with Gasteiger partial charge in [-0.1, -0.05) is 13.3 Å². The summed E-state index contributed by atoms with van der Waals surface area (Å²) >= 11 is 0. The second-order valence-electron chi connectivity index (χ2n) is 6.10. The SMILES string of the molecule is CCCCN(C)CC1CCN(C(=O)c2n[nH]c(C)n2)CC1. The zero-order valence-electron chi connectivity index (χ0n) is 13.4. The summed E-state index contributed by atoms with van der Waals surface area (Å²) in [6, 6.07) is 0. The second-order valence-corrected chi connectivity index (χ2v) is 6.10. The lowest BCUT2D eigenvalue weighted by molar-refractivity contribution is 0.0661. The molecule has 0 atom stereocenters. The molecule has 0 aromatic carbocycles. The Morgan fingerprint density at radius 1 is 1.43 bits per heavy atom. The number of carbonyl (C=O) groups is 1. The molecule has 1 aliphatic rings. The van der Waals surface area contributed by atoms with Gasteiger partial charge in [0.1, 0.15) is 5.82 Å². The summed E-state index contributed by atoms with van der Waals surface area (Å²) in [4.78, 5) is 20.7. The lowest BCUT2D eigenvalue weighted by atomic mass is 9.96. The van der Waals surface area contributed by atoms with Gasteiger partial charge in [-0.3, -0.25) is 9.89 Å². The molecule has 6 nitrogen and oxygen atoms in total. The summed E-state index contributed by atoms with van der Waals surface area (Å²) in [5.74, 6) is 1.64. The molecule has 6 heteroatoms. The number of aromatic amines is 1. The van der Waals surface area contributed by atoms with E-state index < -0.39 is 0 Å². The number of carbonyl (C=O) groups excluding carboxylic acids is 1. The highest BCUT2D eigenvalue weighted by molar-refractivity contribution is 5.90. The zero-order valence-corrected chi connectivity index (χ0v) is 13.4. The Balaban J connectivity index is 1.76. The Labute approximate surface area is 126 Å². The molecule has 0 spiro atoms. The van der Waals surface area contributed by atoms with Gasteiger partial charge in [-0.2, -0.15) is 0 Å². The van der Waals surface area contributed by atoms with Crippen LogP contribution in [0.25, 0.3) is 0 Å². The molecule has 1 saturated heterocycles. The van der Waals surface area contributed by atoms with Crippen molar-refractivity contribution in [2.75, 3.05) is 33.2 Å². The minimum atomic E-state index is -0.0443. The largest absolute Gasteiger partial charge is 0.336 e. The van der Waals surface area contributed by atoms with Crippen molar-refractivity contribution >= 4 is 5.91 Å². The summed E-state index contributed by atoms with van der Waals surface area (Å²) in [7, 11) is 2.20. The monoisotopic (exact) mass is 293 g/mol. The van der Waals surface area contributed by atoms with Crippen LogP contribution in [-0.4, -0.2) is 64.1 Å². The Morgan fingerprint density at radius 2 is 2.14 bits per heavy atom. The molecule has 0 radical (unpaired) electrons. The van der Waals surface area contributed by atoms with Crippen molar-refractivity contribution in [1.82, 2.24) is 25.0 Å². The van der Waals surface area contributed by atoms with E-state index >= 15 is 0 Å². The summed E-state index contributed by atoms with van der Waals surface area (Å²) in [5, 5.41) is 6.68. The van der Waals surface area contributed by atoms with Crippen LogP contribution in [0.15, 0.2) is 0 Å². The molecule has 1 N–H and O–H groups in total. The van der Waals surface area contributed by atoms with Gasteiger partial charge in [-0.05, 0) is 45.7 Å². The quantitative estimate of drug-likeness (QED) is 0.867. The Morgan fingerprint density at radius 3 is 2.71 bits per heavy atom. The van der Waals surface area contributed by atoms with E-state index in [1.807, 2.05) is 11.8 Å². The normalized spacial score (nSPS) is 16.7. The maximum absolute atomic E-state index is 12.3. The van der Waals surface area contributed by atoms with Gasteiger partial charge in [-0.25, -0.2) is 4.98 Å². The van der Waals surface area contributed by atoms with Crippen LogP contribution in [-0.2, 0) is 0 Å². The molecule has 0 aliphatic carbocycles. The number of piperidine rings is 1. The number of H-pyrrole nitrogens is 1. The molecule has 1 fully saturated rings. The van der Waals surface area contributed by atoms with Crippen molar-refractivity contribution in [1.29, 1.82) is 0 Å². The summed E-state index contributed by atoms with van der Waals surface area (Å²) < 4.78 is 0. The number of aromatic nitrogens is 3. The number of hydrogen-bond acceptors (Lipinski definition) is 4. The fourth-order valence-corrected chi connectivity index (χ4v) is 2.86. The third kappa shape index (κ3) is 4.52. The van der Waals surface area contributed by atoms with Crippen LogP contribution in [0.4, 0.5) is 0 Å². The van der Waals surface area contributed by atoms with Gasteiger partial charge in [0, 0.05) is 19.6 Å². The standard InChI is InChI=1S/C15H27N5O/c1-4-5-8-19(3)11-13-6-9-20(10-7-13)15(21)14-16-12(2)17-18-14/h13H,4-11H2,1-3H3,(H,16,17,18). The first-order valence-electron chi connectivity index (χ1n) is 7.97. The molecule has 1 aromatic heterocycles. The zero-order chi connectivity index (χ0) is 15.2. The fourth-order valence-electron chi connectivity index (χ4n) is 2.86. The van der Waals surface area contributed by atoms with Crippen LogP contribution < -0.4 is 0 Å². The summed E-state index contributed by atoms with van der Waals surface area (Å²) in [6.07, 6.45) is 4.66. The average molecular weight is 293 g/mol. The van der Waals surface area contributed by atoms with Crippen molar-refractivity contribution in [2.45, 2.75) is 39.5 Å². The van der Waals surface area contributed by atoms with Gasteiger partial charge in [0.15, 0.2) is 0 Å². The minimum absolute atomic E-state index is 0.0443. The molecule has 118 valence electrons. The highest BCUT2D eigenvalue weighted by atomic mass is 16.2. The molecule has 0 saturated carbocycles. The van der Waals surface area contributed by atoms with Crippen molar-refractivity contribution in [2.24, 2.45) is 5.92 Å². The highest BCUT2D eigenvalue weighted by Gasteiger charge is 2.26. The van der Waals surface area contributed by atoms with Crippen LogP contribution in [0, 0.1) is 12.8 Å². The third-order valence-electron chi connectivity index (χ3n) is 4.15. The summed E-state index contributed by atoms with van der Waals surface area (Å²) in [5.41, 5.74) is 0. The Kier molecular flexibility index (Phi) is 5.73. The summed E-state index contributed by atoms with van der Waals surface area (Å²) in [6.45, 7) is 7.98. The molecule has 1 aliphatic heterocycles. The number of hydrogen-bond donors (Lipinski definition) is 1. The van der Waals surface area contributed by atoms with E-state index in [0.29, 0.717) is 17.6 Å². The topological polar surface area (TPSA) is 65.1 Å². The molecule has 0 unspecified atom stereocenters. The van der Waals surface area contributed by atoms with Crippen LogP contribution in [0.2, 0.25) is 0 Å². The number of nitrogens with zero attached hydrogens (tertiary/aromatic N) is 4. The van der Waals surface area contributed by atoms with Crippen LogP contribution in [0.3, 0.4) is 0 Å². The first-order chi connectivity index (χ1) is 10.1. The Bertz CT molecular complexity index is 451. The van der Waals surface area contributed by atoms with E-state index in [4.69, 9.17) is 0 Å². The number of amides is 1. The van der Waals surface area contributed by atoms with E-state index in [1.165, 1.54) is 19.4 Å². The van der Waals surface area contributed by atoms with Crippen molar-refractivity contribution in [3.05, 3.63) is 11.6 Å². The van der Waals surface area contributed by atoms with Crippen LogP contribution >= 0.6 is 0 Å². The van der Waals surface area contributed by atoms with Gasteiger partial charge in [0.05, 0.1) is 0 Å². The number of rotatable bonds is 6. The second kappa shape index (κ2) is 7.54. The van der Waals surface area contributed by atoms with E-state index in [2.05, 4.69) is 34.1 Å². The maximum Gasteiger partial charge on any atom is 0.293 e. The predicted octanol–water partition coefficient (Wildman–Crippen LogP) is 1.70. The molecular formula is C15H27N5O. The number of unbranched alkanes of at least 4 members (excludes halogenated alkanes) is 1. The minimum Gasteiger partial charge on any atom is -0.336 e. The van der Waals surface area contributed by atoms with Gasteiger partial charge in [0.25, 0.3) is 5.91 Å². The first kappa shape index (κ1) is 15.9. The van der Waals surface area contributed by atoms with Crippen molar-refractivity contribution in [3.63, 3.8) is 0 Å². The number of nitrogens with one attached hydrogen (secondary N) is 1.